The summed E-state index contributed by atoms with van der Waals surface area (Å²) in [4.78, 5) is 14.2. The molecule has 1 aromatic carbocycles. The lowest BCUT2D eigenvalue weighted by Gasteiger charge is -2.19. The van der Waals surface area contributed by atoms with Gasteiger partial charge in [-0.2, -0.15) is 0 Å². The molecular weight excluding hydrogens is 350 g/mol. The number of rotatable bonds is 6. The molecule has 140 valence electrons. The summed E-state index contributed by atoms with van der Waals surface area (Å²) in [6.45, 7) is 5.96. The number of hydrogen-bond donors (Lipinski definition) is 0. The molecule has 1 aliphatic heterocycles. The number of thioether (sulfide) groups is 1. The largest absolute Gasteiger partial charge is 0.484 e. The summed E-state index contributed by atoms with van der Waals surface area (Å²) in [5.74, 6) is 1.70. The Bertz CT molecular complexity index is 739. The molecule has 1 aliphatic rings. The third-order valence-corrected chi connectivity index (χ3v) is 5.22. The third kappa shape index (κ3) is 5.24. The SMILES string of the molecule is Cc1ccc(C)c(OCc2nnc(SCC(=O)N3CCCCCC3)o2)c1. The maximum atomic E-state index is 12.3. The van der Waals surface area contributed by atoms with Crippen molar-refractivity contribution in [2.24, 2.45) is 0 Å². The third-order valence-electron chi connectivity index (χ3n) is 4.42. The van der Waals surface area contributed by atoms with Crippen LogP contribution in [-0.4, -0.2) is 39.8 Å². The molecule has 3 rings (SSSR count). The molecule has 1 aromatic heterocycles. The number of ether oxygens (including phenoxy) is 1. The van der Waals surface area contributed by atoms with E-state index in [9.17, 15) is 4.79 Å². The van der Waals surface area contributed by atoms with E-state index in [2.05, 4.69) is 10.2 Å². The highest BCUT2D eigenvalue weighted by molar-refractivity contribution is 7.99. The molecule has 26 heavy (non-hydrogen) atoms. The molecule has 0 atom stereocenters. The predicted molar refractivity (Wildman–Crippen MR) is 100 cm³/mol. The van der Waals surface area contributed by atoms with Gasteiger partial charge in [0.1, 0.15) is 5.75 Å². The molecule has 1 amide bonds. The van der Waals surface area contributed by atoms with Gasteiger partial charge in [-0.3, -0.25) is 4.79 Å². The van der Waals surface area contributed by atoms with E-state index in [1.165, 1.54) is 24.6 Å². The fourth-order valence-electron chi connectivity index (χ4n) is 2.89. The molecule has 7 heteroatoms. The van der Waals surface area contributed by atoms with Gasteiger partial charge in [0, 0.05) is 13.1 Å². The molecular formula is C19H25N3O3S. The number of likely N-dealkylation sites (tertiary alicyclic amines) is 1. The van der Waals surface area contributed by atoms with Crippen molar-refractivity contribution in [3.8, 4) is 5.75 Å². The minimum atomic E-state index is 0.142. The average Bonchev–Trinajstić information content (AvgIpc) is 2.91. The van der Waals surface area contributed by atoms with Crippen molar-refractivity contribution in [3.63, 3.8) is 0 Å². The Kier molecular flexibility index (Phi) is 6.55. The lowest BCUT2D eigenvalue weighted by molar-refractivity contribution is -0.128. The summed E-state index contributed by atoms with van der Waals surface area (Å²) >= 11 is 1.29. The van der Waals surface area contributed by atoms with E-state index in [1.54, 1.807) is 0 Å². The molecule has 1 saturated heterocycles. The van der Waals surface area contributed by atoms with Crippen LogP contribution in [0.5, 0.6) is 5.75 Å². The number of benzene rings is 1. The van der Waals surface area contributed by atoms with Gasteiger partial charge in [0.2, 0.25) is 5.91 Å². The van der Waals surface area contributed by atoms with Crippen LogP contribution in [0.1, 0.15) is 42.7 Å². The summed E-state index contributed by atoms with van der Waals surface area (Å²) < 4.78 is 11.4. The highest BCUT2D eigenvalue weighted by Gasteiger charge is 2.17. The van der Waals surface area contributed by atoms with E-state index in [0.29, 0.717) is 16.9 Å². The minimum Gasteiger partial charge on any atom is -0.484 e. The Morgan fingerprint density at radius 2 is 1.96 bits per heavy atom. The first-order chi connectivity index (χ1) is 12.6. The topological polar surface area (TPSA) is 68.5 Å². The van der Waals surface area contributed by atoms with Crippen molar-refractivity contribution >= 4 is 17.7 Å². The predicted octanol–water partition coefficient (Wildman–Crippen LogP) is 3.76. The van der Waals surface area contributed by atoms with Gasteiger partial charge in [-0.15, -0.1) is 10.2 Å². The molecule has 0 aliphatic carbocycles. The second-order valence-electron chi connectivity index (χ2n) is 6.60. The zero-order valence-corrected chi connectivity index (χ0v) is 16.2. The highest BCUT2D eigenvalue weighted by atomic mass is 32.2. The fraction of sp³-hybridized carbons (Fsp3) is 0.526. The van der Waals surface area contributed by atoms with Crippen LogP contribution < -0.4 is 4.74 Å². The summed E-state index contributed by atoms with van der Waals surface area (Å²) in [6, 6.07) is 6.06. The Labute approximate surface area is 158 Å². The van der Waals surface area contributed by atoms with Crippen LogP contribution in [0.15, 0.2) is 27.8 Å². The number of nitrogens with zero attached hydrogens (tertiary/aromatic N) is 3. The van der Waals surface area contributed by atoms with Crippen molar-refractivity contribution in [1.82, 2.24) is 15.1 Å². The Hall–Kier alpha value is -2.02. The van der Waals surface area contributed by atoms with Crippen LogP contribution in [0.4, 0.5) is 0 Å². The highest BCUT2D eigenvalue weighted by Crippen LogP contribution is 2.22. The molecule has 0 bridgehead atoms. The van der Waals surface area contributed by atoms with E-state index in [-0.39, 0.29) is 12.5 Å². The van der Waals surface area contributed by atoms with Crippen molar-refractivity contribution in [2.45, 2.75) is 51.4 Å². The number of carbonyl (C=O) groups is 1. The van der Waals surface area contributed by atoms with Gasteiger partial charge in [-0.25, -0.2) is 0 Å². The lowest BCUT2D eigenvalue weighted by atomic mass is 10.1. The summed E-state index contributed by atoms with van der Waals surface area (Å²) in [5.41, 5.74) is 2.20. The van der Waals surface area contributed by atoms with Crippen molar-refractivity contribution in [1.29, 1.82) is 0 Å². The van der Waals surface area contributed by atoms with Crippen molar-refractivity contribution < 1.29 is 13.9 Å². The molecule has 6 nitrogen and oxygen atoms in total. The number of carbonyl (C=O) groups excluding carboxylic acids is 1. The van der Waals surface area contributed by atoms with Gasteiger partial charge in [0.05, 0.1) is 5.75 Å². The molecule has 0 unspecified atom stereocenters. The molecule has 0 radical (unpaired) electrons. The van der Waals surface area contributed by atoms with Crippen molar-refractivity contribution in [3.05, 3.63) is 35.2 Å². The molecule has 1 fully saturated rings. The van der Waals surface area contributed by atoms with E-state index in [0.717, 1.165) is 42.8 Å². The Morgan fingerprint density at radius 3 is 2.73 bits per heavy atom. The van der Waals surface area contributed by atoms with E-state index in [4.69, 9.17) is 9.15 Å². The number of aryl methyl sites for hydroxylation is 2. The average molecular weight is 375 g/mol. The maximum Gasteiger partial charge on any atom is 0.277 e. The van der Waals surface area contributed by atoms with Gasteiger partial charge in [0.15, 0.2) is 6.61 Å². The van der Waals surface area contributed by atoms with Crippen LogP contribution in [0, 0.1) is 13.8 Å². The number of aromatic nitrogens is 2. The second kappa shape index (κ2) is 9.07. The van der Waals surface area contributed by atoms with Crippen LogP contribution >= 0.6 is 11.8 Å². The summed E-state index contributed by atoms with van der Waals surface area (Å²) in [6.07, 6.45) is 4.61. The molecule has 2 heterocycles. The minimum absolute atomic E-state index is 0.142. The zero-order valence-electron chi connectivity index (χ0n) is 15.4. The first-order valence-corrected chi connectivity index (χ1v) is 10.0. The maximum absolute atomic E-state index is 12.3. The van der Waals surface area contributed by atoms with Crippen LogP contribution in [0.3, 0.4) is 0 Å². The monoisotopic (exact) mass is 375 g/mol. The summed E-state index contributed by atoms with van der Waals surface area (Å²) in [5, 5.41) is 8.41. The molecule has 2 aromatic rings. The quantitative estimate of drug-likeness (QED) is 0.716. The van der Waals surface area contributed by atoms with Crippen LogP contribution in [0.2, 0.25) is 0 Å². The van der Waals surface area contributed by atoms with Crippen LogP contribution in [-0.2, 0) is 11.4 Å². The van der Waals surface area contributed by atoms with E-state index < -0.39 is 0 Å². The zero-order chi connectivity index (χ0) is 18.4. The van der Waals surface area contributed by atoms with Gasteiger partial charge in [0.25, 0.3) is 11.1 Å². The van der Waals surface area contributed by atoms with Gasteiger partial charge < -0.3 is 14.1 Å². The van der Waals surface area contributed by atoms with Crippen molar-refractivity contribution in [2.75, 3.05) is 18.8 Å². The molecule has 0 saturated carbocycles. The van der Waals surface area contributed by atoms with Crippen LogP contribution in [0.25, 0.3) is 0 Å². The second-order valence-corrected chi connectivity index (χ2v) is 7.53. The fourth-order valence-corrected chi connectivity index (χ4v) is 3.58. The Morgan fingerprint density at radius 1 is 1.19 bits per heavy atom. The standard InChI is InChI=1S/C19H25N3O3S/c1-14-7-8-15(2)16(11-14)24-12-17-20-21-19(25-17)26-13-18(23)22-9-5-3-4-6-10-22/h7-8,11H,3-6,9-10,12-13H2,1-2H3. The van der Waals surface area contributed by atoms with Gasteiger partial charge in [-0.05, 0) is 43.9 Å². The lowest BCUT2D eigenvalue weighted by Crippen LogP contribution is -2.33. The molecule has 0 N–H and O–H groups in total. The first kappa shape index (κ1) is 18.8. The molecule has 0 spiro atoms. The summed E-state index contributed by atoms with van der Waals surface area (Å²) in [7, 11) is 0. The smallest absolute Gasteiger partial charge is 0.277 e. The van der Waals surface area contributed by atoms with Gasteiger partial charge in [-0.1, -0.05) is 36.7 Å². The normalized spacial score (nSPS) is 14.9. The Balaban J connectivity index is 1.48. The van der Waals surface area contributed by atoms with E-state index in [1.807, 2.05) is 36.9 Å². The van der Waals surface area contributed by atoms with E-state index >= 15 is 0 Å². The first-order valence-electron chi connectivity index (χ1n) is 9.05. The number of hydrogen-bond acceptors (Lipinski definition) is 6. The van der Waals surface area contributed by atoms with Gasteiger partial charge >= 0.3 is 0 Å². The number of amides is 1.